The van der Waals surface area contributed by atoms with Crippen LogP contribution in [0.4, 0.5) is 4.79 Å². The number of hydrogen-bond acceptors (Lipinski definition) is 3. The number of rotatable bonds is 3. The molecule has 2 amide bonds. The zero-order valence-corrected chi connectivity index (χ0v) is 11.0. The number of carboxylic acids is 1. The first kappa shape index (κ1) is 12.9. The molecule has 0 saturated heterocycles. The Kier molecular flexibility index (Phi) is 3.86. The van der Waals surface area contributed by atoms with Gasteiger partial charge in [0.2, 0.25) is 0 Å². The lowest BCUT2D eigenvalue weighted by atomic mass is 10.1. The van der Waals surface area contributed by atoms with Gasteiger partial charge in [0.1, 0.15) is 6.04 Å². The Labute approximate surface area is 109 Å². The standard InChI is InChI=1S/C12H16N2O3S/c1-2-9(11(15)16)13-12(17)14-5-3-10-8(7-14)4-6-18-10/h4,6,9H,2-3,5,7H2,1H3,(H,13,17)(H,15,16)/t9-/m0/s1. The van der Waals surface area contributed by atoms with E-state index >= 15 is 0 Å². The number of carbonyl (C=O) groups excluding carboxylic acids is 1. The van der Waals surface area contributed by atoms with Crippen molar-refractivity contribution < 1.29 is 14.7 Å². The summed E-state index contributed by atoms with van der Waals surface area (Å²) in [7, 11) is 0. The number of carboxylic acid groups (broad SMARTS) is 1. The van der Waals surface area contributed by atoms with Crippen molar-refractivity contribution in [3.8, 4) is 0 Å². The van der Waals surface area contributed by atoms with E-state index in [0.717, 1.165) is 6.42 Å². The molecule has 0 radical (unpaired) electrons. The van der Waals surface area contributed by atoms with Crippen LogP contribution in [0, 0.1) is 0 Å². The number of thiophene rings is 1. The summed E-state index contributed by atoms with van der Waals surface area (Å²) in [6.45, 7) is 2.96. The van der Waals surface area contributed by atoms with E-state index in [-0.39, 0.29) is 6.03 Å². The number of urea groups is 1. The molecule has 5 nitrogen and oxygen atoms in total. The van der Waals surface area contributed by atoms with Crippen molar-refractivity contribution in [2.45, 2.75) is 32.4 Å². The first-order valence-corrected chi connectivity index (χ1v) is 6.83. The molecular formula is C12H16N2O3S. The van der Waals surface area contributed by atoms with Crippen molar-refractivity contribution in [3.63, 3.8) is 0 Å². The van der Waals surface area contributed by atoms with Gasteiger partial charge in [-0.05, 0) is 29.9 Å². The van der Waals surface area contributed by atoms with Gasteiger partial charge in [-0.1, -0.05) is 6.92 Å². The number of aliphatic carboxylic acids is 1. The predicted octanol–water partition coefficient (Wildman–Crippen LogP) is 1.68. The summed E-state index contributed by atoms with van der Waals surface area (Å²) < 4.78 is 0. The second kappa shape index (κ2) is 5.39. The molecule has 0 aromatic carbocycles. The van der Waals surface area contributed by atoms with E-state index < -0.39 is 12.0 Å². The maximum Gasteiger partial charge on any atom is 0.326 e. The monoisotopic (exact) mass is 268 g/mol. The minimum absolute atomic E-state index is 0.291. The number of hydrogen-bond donors (Lipinski definition) is 2. The molecule has 0 aliphatic carbocycles. The van der Waals surface area contributed by atoms with E-state index in [2.05, 4.69) is 5.32 Å². The lowest BCUT2D eigenvalue weighted by Crippen LogP contribution is -2.48. The third kappa shape index (κ3) is 2.64. The van der Waals surface area contributed by atoms with Gasteiger partial charge in [-0.2, -0.15) is 0 Å². The number of nitrogens with zero attached hydrogens (tertiary/aromatic N) is 1. The van der Waals surface area contributed by atoms with Crippen LogP contribution in [0.2, 0.25) is 0 Å². The molecule has 0 saturated carbocycles. The molecule has 98 valence electrons. The van der Waals surface area contributed by atoms with Crippen LogP contribution in [0.3, 0.4) is 0 Å². The van der Waals surface area contributed by atoms with E-state index in [1.54, 1.807) is 23.2 Å². The summed E-state index contributed by atoms with van der Waals surface area (Å²) in [5.74, 6) is -0.987. The molecule has 1 aliphatic heterocycles. The Bertz CT molecular complexity index is 458. The quantitative estimate of drug-likeness (QED) is 0.876. The maximum absolute atomic E-state index is 12.0. The van der Waals surface area contributed by atoms with E-state index in [1.165, 1.54) is 10.4 Å². The average molecular weight is 268 g/mol. The van der Waals surface area contributed by atoms with E-state index in [9.17, 15) is 9.59 Å². The van der Waals surface area contributed by atoms with Gasteiger partial charge in [-0.15, -0.1) is 11.3 Å². The molecule has 0 bridgehead atoms. The lowest BCUT2D eigenvalue weighted by Gasteiger charge is -2.28. The largest absolute Gasteiger partial charge is 0.480 e. The maximum atomic E-state index is 12.0. The first-order valence-electron chi connectivity index (χ1n) is 5.95. The van der Waals surface area contributed by atoms with Crippen molar-refractivity contribution in [2.24, 2.45) is 0 Å². The van der Waals surface area contributed by atoms with Crippen molar-refractivity contribution in [1.82, 2.24) is 10.2 Å². The van der Waals surface area contributed by atoms with Gasteiger partial charge in [-0.25, -0.2) is 9.59 Å². The Morgan fingerprint density at radius 2 is 2.39 bits per heavy atom. The van der Waals surface area contributed by atoms with E-state index in [4.69, 9.17) is 5.11 Å². The Morgan fingerprint density at radius 3 is 3.06 bits per heavy atom. The Morgan fingerprint density at radius 1 is 1.61 bits per heavy atom. The van der Waals surface area contributed by atoms with Crippen molar-refractivity contribution in [3.05, 3.63) is 21.9 Å². The zero-order valence-electron chi connectivity index (χ0n) is 10.2. The molecular weight excluding hydrogens is 252 g/mol. The summed E-state index contributed by atoms with van der Waals surface area (Å²) in [5, 5.41) is 13.5. The van der Waals surface area contributed by atoms with E-state index in [1.807, 2.05) is 11.4 Å². The molecule has 18 heavy (non-hydrogen) atoms. The fourth-order valence-corrected chi connectivity index (χ4v) is 2.89. The second-order valence-electron chi connectivity index (χ2n) is 4.29. The Hall–Kier alpha value is -1.56. The fraction of sp³-hybridized carbons (Fsp3) is 0.500. The van der Waals surface area contributed by atoms with Crippen molar-refractivity contribution in [2.75, 3.05) is 6.54 Å². The molecule has 0 fully saturated rings. The van der Waals surface area contributed by atoms with Gasteiger partial charge in [0.15, 0.2) is 0 Å². The number of carbonyl (C=O) groups is 2. The lowest BCUT2D eigenvalue weighted by molar-refractivity contribution is -0.139. The predicted molar refractivity (Wildman–Crippen MR) is 68.7 cm³/mol. The highest BCUT2D eigenvalue weighted by molar-refractivity contribution is 7.10. The highest BCUT2D eigenvalue weighted by Gasteiger charge is 2.25. The summed E-state index contributed by atoms with van der Waals surface area (Å²) >= 11 is 1.71. The highest BCUT2D eigenvalue weighted by atomic mass is 32.1. The van der Waals surface area contributed by atoms with Gasteiger partial charge in [0, 0.05) is 18.0 Å². The summed E-state index contributed by atoms with van der Waals surface area (Å²) in [4.78, 5) is 25.8. The minimum Gasteiger partial charge on any atom is -0.480 e. The molecule has 6 heteroatoms. The van der Waals surface area contributed by atoms with Crippen LogP contribution in [0.25, 0.3) is 0 Å². The highest BCUT2D eigenvalue weighted by Crippen LogP contribution is 2.23. The molecule has 1 atom stereocenters. The number of amides is 2. The van der Waals surface area contributed by atoms with Crippen molar-refractivity contribution in [1.29, 1.82) is 0 Å². The normalized spacial score (nSPS) is 15.9. The zero-order chi connectivity index (χ0) is 13.1. The van der Waals surface area contributed by atoms with Crippen LogP contribution >= 0.6 is 11.3 Å². The minimum atomic E-state index is -0.987. The van der Waals surface area contributed by atoms with Gasteiger partial charge >= 0.3 is 12.0 Å². The average Bonchev–Trinajstić information content (AvgIpc) is 2.82. The van der Waals surface area contributed by atoms with Crippen LogP contribution in [0.1, 0.15) is 23.8 Å². The van der Waals surface area contributed by atoms with Gasteiger partial charge < -0.3 is 15.3 Å². The SMILES string of the molecule is CC[C@H](NC(=O)N1CCc2sccc2C1)C(=O)O. The van der Waals surface area contributed by atoms with E-state index in [0.29, 0.717) is 19.5 Å². The molecule has 2 heterocycles. The summed E-state index contributed by atoms with van der Waals surface area (Å²) in [6.07, 6.45) is 1.24. The molecule has 2 rings (SSSR count). The third-order valence-corrected chi connectivity index (χ3v) is 4.12. The second-order valence-corrected chi connectivity index (χ2v) is 5.29. The summed E-state index contributed by atoms with van der Waals surface area (Å²) in [5.41, 5.74) is 1.17. The number of nitrogens with one attached hydrogen (secondary N) is 1. The molecule has 1 aromatic heterocycles. The van der Waals surface area contributed by atoms with Gasteiger partial charge in [-0.3, -0.25) is 0 Å². The van der Waals surface area contributed by atoms with Crippen LogP contribution < -0.4 is 5.32 Å². The summed E-state index contributed by atoms with van der Waals surface area (Å²) in [6, 6.07) is 0.927. The van der Waals surface area contributed by atoms with Gasteiger partial charge in [0.25, 0.3) is 0 Å². The molecule has 0 spiro atoms. The third-order valence-electron chi connectivity index (χ3n) is 3.10. The molecule has 1 aromatic rings. The van der Waals surface area contributed by atoms with Gasteiger partial charge in [0.05, 0.1) is 0 Å². The Balaban J connectivity index is 1.97. The molecule has 2 N–H and O–H groups in total. The first-order chi connectivity index (χ1) is 8.61. The van der Waals surface area contributed by atoms with Crippen molar-refractivity contribution >= 4 is 23.3 Å². The fourth-order valence-electron chi connectivity index (χ4n) is 2.00. The smallest absolute Gasteiger partial charge is 0.326 e. The number of fused-ring (bicyclic) bond motifs is 1. The van der Waals surface area contributed by atoms with Crippen LogP contribution in [0.5, 0.6) is 0 Å². The molecule has 1 aliphatic rings. The van der Waals surface area contributed by atoms with Crippen LogP contribution in [-0.2, 0) is 17.8 Å². The topological polar surface area (TPSA) is 69.6 Å². The van der Waals surface area contributed by atoms with Crippen LogP contribution in [-0.4, -0.2) is 34.6 Å². The van der Waals surface area contributed by atoms with Crippen LogP contribution in [0.15, 0.2) is 11.4 Å². The molecule has 0 unspecified atom stereocenters.